The summed E-state index contributed by atoms with van der Waals surface area (Å²) < 4.78 is 0. The molecule has 0 spiro atoms. The molecule has 2 aromatic rings. The van der Waals surface area contributed by atoms with E-state index in [-0.39, 0.29) is 5.78 Å². The van der Waals surface area contributed by atoms with Crippen molar-refractivity contribution < 1.29 is 4.79 Å². The van der Waals surface area contributed by atoms with Gasteiger partial charge in [0.2, 0.25) is 0 Å². The van der Waals surface area contributed by atoms with Crippen molar-refractivity contribution in [2.45, 2.75) is 6.92 Å². The Morgan fingerprint density at radius 3 is 2.61 bits per heavy atom. The molecule has 0 unspecified atom stereocenters. The van der Waals surface area contributed by atoms with Crippen LogP contribution in [0.2, 0.25) is 5.02 Å². The van der Waals surface area contributed by atoms with E-state index in [2.05, 4.69) is 0 Å². The van der Waals surface area contributed by atoms with E-state index in [4.69, 9.17) is 11.6 Å². The molecule has 0 aliphatic heterocycles. The Balaban J connectivity index is 2.20. The molecule has 0 aromatic heterocycles. The van der Waals surface area contributed by atoms with E-state index in [9.17, 15) is 4.79 Å². The molecular formula is C16H13ClO. The molecule has 0 saturated heterocycles. The number of allylic oxidation sites excluding steroid dienone is 1. The summed E-state index contributed by atoms with van der Waals surface area (Å²) in [4.78, 5) is 12.0. The molecule has 90 valence electrons. The van der Waals surface area contributed by atoms with E-state index in [1.807, 2.05) is 55.5 Å². The Kier molecular flexibility index (Phi) is 3.96. The number of aryl methyl sites for hydroxylation is 1. The van der Waals surface area contributed by atoms with Gasteiger partial charge >= 0.3 is 0 Å². The second-order valence-electron chi connectivity index (χ2n) is 4.07. The van der Waals surface area contributed by atoms with Gasteiger partial charge in [0.15, 0.2) is 5.78 Å². The monoisotopic (exact) mass is 256 g/mol. The average molecular weight is 257 g/mol. The quantitative estimate of drug-likeness (QED) is 0.582. The van der Waals surface area contributed by atoms with Crippen molar-refractivity contribution in [1.29, 1.82) is 0 Å². The summed E-state index contributed by atoms with van der Waals surface area (Å²) >= 11 is 5.88. The van der Waals surface area contributed by atoms with Crippen LogP contribution in [0.3, 0.4) is 0 Å². The Hall–Kier alpha value is -1.86. The van der Waals surface area contributed by atoms with Crippen molar-refractivity contribution in [2.24, 2.45) is 0 Å². The summed E-state index contributed by atoms with van der Waals surface area (Å²) in [5.41, 5.74) is 2.64. The Bertz CT molecular complexity index is 600. The lowest BCUT2D eigenvalue weighted by atomic mass is 10.0. The first-order valence-corrected chi connectivity index (χ1v) is 6.08. The standard InChI is InChI=1S/C16H13ClO/c1-12-5-2-3-8-15(12)16(18)10-9-13-6-4-7-14(17)11-13/h2-11H,1H3. The lowest BCUT2D eigenvalue weighted by Crippen LogP contribution is -1.96. The molecular weight excluding hydrogens is 244 g/mol. The Morgan fingerprint density at radius 1 is 1.11 bits per heavy atom. The number of carbonyl (C=O) groups is 1. The third-order valence-corrected chi connectivity index (χ3v) is 2.92. The molecule has 0 aliphatic carbocycles. The zero-order valence-electron chi connectivity index (χ0n) is 10.1. The first-order chi connectivity index (χ1) is 8.66. The molecule has 0 radical (unpaired) electrons. The minimum Gasteiger partial charge on any atom is -0.289 e. The molecule has 0 aliphatic rings. The van der Waals surface area contributed by atoms with Crippen molar-refractivity contribution in [3.05, 3.63) is 76.3 Å². The number of hydrogen-bond donors (Lipinski definition) is 0. The predicted octanol–water partition coefficient (Wildman–Crippen LogP) is 4.54. The molecule has 0 N–H and O–H groups in total. The summed E-state index contributed by atoms with van der Waals surface area (Å²) in [5, 5.41) is 0.667. The topological polar surface area (TPSA) is 17.1 Å². The van der Waals surface area contributed by atoms with E-state index >= 15 is 0 Å². The van der Waals surface area contributed by atoms with E-state index in [0.717, 1.165) is 16.7 Å². The van der Waals surface area contributed by atoms with Crippen molar-refractivity contribution in [2.75, 3.05) is 0 Å². The van der Waals surface area contributed by atoms with Gasteiger partial charge in [-0.3, -0.25) is 4.79 Å². The minimum absolute atomic E-state index is 0.00748. The van der Waals surface area contributed by atoms with Crippen molar-refractivity contribution in [3.8, 4) is 0 Å². The highest BCUT2D eigenvalue weighted by molar-refractivity contribution is 6.30. The third-order valence-electron chi connectivity index (χ3n) is 2.69. The molecule has 0 bridgehead atoms. The van der Waals surface area contributed by atoms with E-state index in [1.54, 1.807) is 12.2 Å². The molecule has 1 nitrogen and oxygen atoms in total. The maximum atomic E-state index is 12.0. The molecule has 0 saturated carbocycles. The third kappa shape index (κ3) is 3.08. The van der Waals surface area contributed by atoms with Crippen LogP contribution in [0.25, 0.3) is 6.08 Å². The van der Waals surface area contributed by atoms with Crippen molar-refractivity contribution in [1.82, 2.24) is 0 Å². The second kappa shape index (κ2) is 5.65. The molecule has 0 fully saturated rings. The number of carbonyl (C=O) groups excluding carboxylic acids is 1. The van der Waals surface area contributed by atoms with Crippen LogP contribution >= 0.6 is 11.6 Å². The van der Waals surface area contributed by atoms with Crippen LogP contribution in [0.4, 0.5) is 0 Å². The molecule has 0 amide bonds. The fourth-order valence-electron chi connectivity index (χ4n) is 1.72. The number of ketones is 1. The summed E-state index contributed by atoms with van der Waals surface area (Å²) in [6.07, 6.45) is 3.36. The van der Waals surface area contributed by atoms with Crippen molar-refractivity contribution >= 4 is 23.5 Å². The van der Waals surface area contributed by atoms with Gasteiger partial charge in [0.05, 0.1) is 0 Å². The zero-order valence-corrected chi connectivity index (χ0v) is 10.8. The summed E-state index contributed by atoms with van der Waals surface area (Å²) in [5.74, 6) is 0.00748. The van der Waals surface area contributed by atoms with Crippen molar-refractivity contribution in [3.63, 3.8) is 0 Å². The first-order valence-electron chi connectivity index (χ1n) is 5.70. The predicted molar refractivity (Wildman–Crippen MR) is 76.0 cm³/mol. The van der Waals surface area contributed by atoms with Crippen LogP contribution in [-0.4, -0.2) is 5.78 Å². The van der Waals surface area contributed by atoms with Gasteiger partial charge in [-0.15, -0.1) is 0 Å². The van der Waals surface area contributed by atoms with Gasteiger partial charge in [0.25, 0.3) is 0 Å². The fourth-order valence-corrected chi connectivity index (χ4v) is 1.92. The zero-order chi connectivity index (χ0) is 13.0. The molecule has 0 atom stereocenters. The lowest BCUT2D eigenvalue weighted by Gasteiger charge is -2.00. The van der Waals surface area contributed by atoms with Gasteiger partial charge in [0.1, 0.15) is 0 Å². The van der Waals surface area contributed by atoms with Crippen LogP contribution in [0.5, 0.6) is 0 Å². The molecule has 18 heavy (non-hydrogen) atoms. The summed E-state index contributed by atoms with van der Waals surface area (Å²) in [6.45, 7) is 1.93. The van der Waals surface area contributed by atoms with Gasteiger partial charge in [-0.05, 0) is 36.3 Å². The lowest BCUT2D eigenvalue weighted by molar-refractivity contribution is 0.104. The van der Waals surface area contributed by atoms with E-state index < -0.39 is 0 Å². The van der Waals surface area contributed by atoms with Crippen LogP contribution in [0.1, 0.15) is 21.5 Å². The highest BCUT2D eigenvalue weighted by atomic mass is 35.5. The van der Waals surface area contributed by atoms with Gasteiger partial charge in [-0.25, -0.2) is 0 Å². The average Bonchev–Trinajstić information content (AvgIpc) is 2.37. The number of halogens is 1. The first kappa shape index (κ1) is 12.6. The highest BCUT2D eigenvalue weighted by Gasteiger charge is 2.03. The Morgan fingerprint density at radius 2 is 1.89 bits per heavy atom. The minimum atomic E-state index is 0.00748. The van der Waals surface area contributed by atoms with Gasteiger partial charge in [-0.2, -0.15) is 0 Å². The van der Waals surface area contributed by atoms with Crippen LogP contribution in [-0.2, 0) is 0 Å². The normalized spacial score (nSPS) is 10.8. The van der Waals surface area contributed by atoms with Crippen LogP contribution < -0.4 is 0 Å². The highest BCUT2D eigenvalue weighted by Crippen LogP contribution is 2.13. The molecule has 0 heterocycles. The smallest absolute Gasteiger partial charge is 0.186 e. The number of rotatable bonds is 3. The summed E-state index contributed by atoms with van der Waals surface area (Å²) in [6, 6.07) is 15.0. The molecule has 2 heteroatoms. The number of hydrogen-bond acceptors (Lipinski definition) is 1. The van der Waals surface area contributed by atoms with E-state index in [0.29, 0.717) is 5.02 Å². The van der Waals surface area contributed by atoms with Gasteiger partial charge in [-0.1, -0.05) is 54.1 Å². The van der Waals surface area contributed by atoms with Gasteiger partial charge in [0, 0.05) is 10.6 Å². The molecule has 2 rings (SSSR count). The fraction of sp³-hybridized carbons (Fsp3) is 0.0625. The maximum Gasteiger partial charge on any atom is 0.186 e. The van der Waals surface area contributed by atoms with E-state index in [1.165, 1.54) is 0 Å². The maximum absolute atomic E-state index is 12.0. The largest absolute Gasteiger partial charge is 0.289 e. The van der Waals surface area contributed by atoms with Crippen LogP contribution in [0, 0.1) is 6.92 Å². The molecule has 2 aromatic carbocycles. The second-order valence-corrected chi connectivity index (χ2v) is 4.50. The number of benzene rings is 2. The van der Waals surface area contributed by atoms with Gasteiger partial charge < -0.3 is 0 Å². The Labute approximate surface area is 112 Å². The SMILES string of the molecule is Cc1ccccc1C(=O)C=Cc1cccc(Cl)c1. The van der Waals surface area contributed by atoms with Crippen LogP contribution in [0.15, 0.2) is 54.6 Å². The summed E-state index contributed by atoms with van der Waals surface area (Å²) in [7, 11) is 0.